The van der Waals surface area contributed by atoms with Crippen molar-refractivity contribution in [2.45, 2.75) is 64.2 Å². The Morgan fingerprint density at radius 1 is 0.978 bits per heavy atom. The van der Waals surface area contributed by atoms with Crippen molar-refractivity contribution in [2.24, 2.45) is 35.3 Å². The van der Waals surface area contributed by atoms with Crippen LogP contribution in [0.3, 0.4) is 0 Å². The molecule has 2 aromatic heterocycles. The molecule has 4 heterocycles. The minimum absolute atomic E-state index is 0.0132. The van der Waals surface area contributed by atoms with E-state index in [0.29, 0.717) is 40.9 Å². The van der Waals surface area contributed by atoms with E-state index in [4.69, 9.17) is 15.5 Å². The van der Waals surface area contributed by atoms with Gasteiger partial charge in [0.1, 0.15) is 11.3 Å². The standard InChI is InChI=1S/C36H42N6O3/c1-20-11-26(20)36(44)39-15-22(16-39)18-42-33-27(12-25(14-31(33)45-2)35(43)41-19-24-9-10-29(41)32(24)37)38-34(42)30-13-23-5-3-4-6-28(23)40(30)17-21-7-8-21/h3-6,12-14,20-22,24,26,29,32H,7-11,15-19,37H2,1-2H3/t20-,24+,26-,29+,32+/m0/s1. The van der Waals surface area contributed by atoms with E-state index in [1.165, 1.54) is 23.7 Å². The van der Waals surface area contributed by atoms with Crippen LogP contribution in [0.25, 0.3) is 33.5 Å². The van der Waals surface area contributed by atoms with E-state index in [-0.39, 0.29) is 23.9 Å². The number of rotatable bonds is 8. The van der Waals surface area contributed by atoms with Gasteiger partial charge in [-0.3, -0.25) is 9.59 Å². The first kappa shape index (κ1) is 27.5. The predicted octanol–water partition coefficient (Wildman–Crippen LogP) is 4.75. The van der Waals surface area contributed by atoms with E-state index in [9.17, 15) is 9.59 Å². The van der Waals surface area contributed by atoms with Crippen molar-refractivity contribution in [2.75, 3.05) is 26.7 Å². The Morgan fingerprint density at radius 3 is 2.44 bits per heavy atom. The number of likely N-dealkylation sites (tertiary alicyclic amines) is 2. The van der Waals surface area contributed by atoms with Crippen LogP contribution in [0.15, 0.2) is 42.5 Å². The van der Waals surface area contributed by atoms with E-state index >= 15 is 0 Å². The highest BCUT2D eigenvalue weighted by molar-refractivity contribution is 6.00. The summed E-state index contributed by atoms with van der Waals surface area (Å²) in [4.78, 5) is 36.1. The van der Waals surface area contributed by atoms with Crippen LogP contribution in [0, 0.1) is 29.6 Å². The normalized spacial score (nSPS) is 27.5. The van der Waals surface area contributed by atoms with Crippen molar-refractivity contribution in [1.29, 1.82) is 0 Å². The number of methoxy groups -OCH3 is 1. The SMILES string of the molecule is COc1cc(C(=O)N2C[C@H]3CC[C@@H]2[C@@H]3N)cc2nc(-c3cc4ccccc4n3CC3CC3)n(CC3CN(C(=O)[C@H]4C[C@@H]4C)C3)c12. The molecule has 5 aliphatic rings. The van der Waals surface area contributed by atoms with Gasteiger partial charge in [-0.2, -0.15) is 0 Å². The maximum Gasteiger partial charge on any atom is 0.254 e. The molecule has 0 unspecified atom stereocenters. The summed E-state index contributed by atoms with van der Waals surface area (Å²) < 4.78 is 10.8. The molecule has 9 nitrogen and oxygen atoms in total. The first-order chi connectivity index (χ1) is 21.9. The minimum atomic E-state index is 0.0132. The molecule has 3 aliphatic carbocycles. The van der Waals surface area contributed by atoms with Crippen LogP contribution in [-0.2, 0) is 17.9 Å². The first-order valence-corrected chi connectivity index (χ1v) is 16.9. The van der Waals surface area contributed by atoms with Gasteiger partial charge in [0.15, 0.2) is 5.82 Å². The summed E-state index contributed by atoms with van der Waals surface area (Å²) in [5.41, 5.74) is 11.1. The molecule has 5 fully saturated rings. The van der Waals surface area contributed by atoms with Crippen LogP contribution < -0.4 is 10.5 Å². The number of imidazole rings is 1. The fourth-order valence-electron chi connectivity index (χ4n) is 8.51. The highest BCUT2D eigenvalue weighted by atomic mass is 16.5. The summed E-state index contributed by atoms with van der Waals surface area (Å²) in [5, 5.41) is 1.20. The number of hydrogen-bond donors (Lipinski definition) is 1. The van der Waals surface area contributed by atoms with E-state index < -0.39 is 0 Å². The maximum atomic E-state index is 13.9. The van der Waals surface area contributed by atoms with Crippen LogP contribution >= 0.6 is 0 Å². The Bertz CT molecular complexity index is 1850. The van der Waals surface area contributed by atoms with Crippen LogP contribution in [0.1, 0.15) is 49.4 Å². The van der Waals surface area contributed by atoms with E-state index in [0.717, 1.165) is 74.5 Å². The molecule has 2 amide bonds. The van der Waals surface area contributed by atoms with Crippen molar-refractivity contribution in [3.05, 3.63) is 48.0 Å². The topological polar surface area (TPSA) is 98.6 Å². The molecule has 4 aromatic rings. The number of amides is 2. The molecule has 45 heavy (non-hydrogen) atoms. The number of aromatic nitrogens is 3. The second-order valence-electron chi connectivity index (χ2n) is 14.6. The smallest absolute Gasteiger partial charge is 0.254 e. The Morgan fingerprint density at radius 2 is 1.76 bits per heavy atom. The van der Waals surface area contributed by atoms with Gasteiger partial charge in [-0.05, 0) is 74.1 Å². The van der Waals surface area contributed by atoms with Gasteiger partial charge in [-0.15, -0.1) is 0 Å². The van der Waals surface area contributed by atoms with Gasteiger partial charge >= 0.3 is 0 Å². The molecular weight excluding hydrogens is 564 g/mol. The number of ether oxygens (including phenoxy) is 1. The van der Waals surface area contributed by atoms with Crippen LogP contribution in [-0.4, -0.2) is 74.6 Å². The highest BCUT2D eigenvalue weighted by Crippen LogP contribution is 2.43. The average molecular weight is 607 g/mol. The van der Waals surface area contributed by atoms with E-state index in [1.807, 2.05) is 21.9 Å². The molecule has 2 aliphatic heterocycles. The highest BCUT2D eigenvalue weighted by Gasteiger charge is 2.47. The number of piperidine rings is 1. The van der Waals surface area contributed by atoms with Gasteiger partial charge in [0, 0.05) is 73.1 Å². The summed E-state index contributed by atoms with van der Waals surface area (Å²) in [6.07, 6.45) is 5.61. The number of fused-ring (bicyclic) bond motifs is 4. The largest absolute Gasteiger partial charge is 0.494 e. The number of carbonyl (C=O) groups is 2. The quantitative estimate of drug-likeness (QED) is 0.312. The average Bonchev–Trinajstić information content (AvgIpc) is 3.85. The molecule has 2 aromatic carbocycles. The van der Waals surface area contributed by atoms with Crippen molar-refractivity contribution in [3.8, 4) is 17.3 Å². The van der Waals surface area contributed by atoms with Gasteiger partial charge in [-0.25, -0.2) is 4.98 Å². The second-order valence-corrected chi connectivity index (χ2v) is 14.6. The fraction of sp³-hybridized carbons (Fsp3) is 0.528. The number of hydrogen-bond acceptors (Lipinski definition) is 5. The maximum absolute atomic E-state index is 13.9. The Labute approximate surface area is 263 Å². The lowest BCUT2D eigenvalue weighted by atomic mass is 9.98. The van der Waals surface area contributed by atoms with Crippen LogP contribution in [0.5, 0.6) is 5.75 Å². The predicted molar refractivity (Wildman–Crippen MR) is 173 cm³/mol. The third-order valence-corrected chi connectivity index (χ3v) is 11.5. The lowest BCUT2D eigenvalue weighted by Gasteiger charge is -2.40. The van der Waals surface area contributed by atoms with Crippen molar-refractivity contribution >= 4 is 33.8 Å². The van der Waals surface area contributed by atoms with Gasteiger partial charge < -0.3 is 29.4 Å². The fourth-order valence-corrected chi connectivity index (χ4v) is 8.51. The van der Waals surface area contributed by atoms with E-state index in [1.54, 1.807) is 7.11 Å². The number of nitrogens with zero attached hydrogens (tertiary/aromatic N) is 5. The summed E-state index contributed by atoms with van der Waals surface area (Å²) in [5.74, 6) is 4.02. The summed E-state index contributed by atoms with van der Waals surface area (Å²) in [7, 11) is 1.68. The molecule has 2 N–H and O–H groups in total. The van der Waals surface area contributed by atoms with Gasteiger partial charge in [0.2, 0.25) is 5.91 Å². The monoisotopic (exact) mass is 606 g/mol. The molecule has 3 saturated carbocycles. The molecule has 2 bridgehead atoms. The Hall–Kier alpha value is -3.85. The van der Waals surface area contributed by atoms with Crippen LogP contribution in [0.4, 0.5) is 0 Å². The summed E-state index contributed by atoms with van der Waals surface area (Å²) in [6, 6.07) is 14.9. The molecule has 0 radical (unpaired) electrons. The molecule has 2 saturated heterocycles. The number of para-hydroxylation sites is 1. The van der Waals surface area contributed by atoms with Gasteiger partial charge in [0.25, 0.3) is 5.91 Å². The zero-order valence-corrected chi connectivity index (χ0v) is 26.2. The molecule has 5 atom stereocenters. The van der Waals surface area contributed by atoms with Crippen molar-refractivity contribution in [1.82, 2.24) is 23.9 Å². The van der Waals surface area contributed by atoms with Crippen molar-refractivity contribution in [3.63, 3.8) is 0 Å². The molecule has 9 heteroatoms. The van der Waals surface area contributed by atoms with Crippen molar-refractivity contribution < 1.29 is 14.3 Å². The lowest BCUT2D eigenvalue weighted by molar-refractivity contribution is -0.139. The van der Waals surface area contributed by atoms with Gasteiger partial charge in [0.05, 0.1) is 18.3 Å². The summed E-state index contributed by atoms with van der Waals surface area (Å²) >= 11 is 0. The molecule has 9 rings (SSSR count). The molecular formula is C36H42N6O3. The number of carbonyl (C=O) groups excluding carboxylic acids is 2. The Balaban J connectivity index is 1.14. The third kappa shape index (κ3) is 4.41. The molecule has 0 spiro atoms. The number of nitrogens with two attached hydrogens (primary N) is 1. The zero-order valence-electron chi connectivity index (χ0n) is 26.2. The second kappa shape index (κ2) is 10.1. The Kier molecular flexibility index (Phi) is 6.15. The van der Waals surface area contributed by atoms with E-state index in [2.05, 4.69) is 46.4 Å². The molecule has 234 valence electrons. The lowest BCUT2D eigenvalue weighted by Crippen LogP contribution is -2.52. The third-order valence-electron chi connectivity index (χ3n) is 11.5. The summed E-state index contributed by atoms with van der Waals surface area (Å²) in [6.45, 7) is 6.12. The number of benzene rings is 2. The zero-order chi connectivity index (χ0) is 30.6. The minimum Gasteiger partial charge on any atom is -0.494 e. The van der Waals surface area contributed by atoms with Crippen LogP contribution in [0.2, 0.25) is 0 Å². The first-order valence-electron chi connectivity index (χ1n) is 16.9. The van der Waals surface area contributed by atoms with Gasteiger partial charge in [-0.1, -0.05) is 25.1 Å².